The molecular formula is C13H12BrClN2O2. The van der Waals surface area contributed by atoms with Gasteiger partial charge in [0.05, 0.1) is 12.8 Å². The Morgan fingerprint density at radius 2 is 2.16 bits per heavy atom. The molecule has 1 amide bonds. The lowest BCUT2D eigenvalue weighted by molar-refractivity contribution is 0.102. The van der Waals surface area contributed by atoms with Crippen LogP contribution in [0, 0.1) is 6.92 Å². The first kappa shape index (κ1) is 14.0. The van der Waals surface area contributed by atoms with E-state index in [-0.39, 0.29) is 5.91 Å². The van der Waals surface area contributed by atoms with Crippen molar-refractivity contribution in [2.45, 2.75) is 6.92 Å². The fourth-order valence-corrected chi connectivity index (χ4v) is 2.12. The van der Waals surface area contributed by atoms with Crippen molar-refractivity contribution in [1.29, 1.82) is 0 Å². The maximum atomic E-state index is 12.0. The van der Waals surface area contributed by atoms with E-state index >= 15 is 0 Å². The number of methoxy groups -OCH3 is 1. The summed E-state index contributed by atoms with van der Waals surface area (Å²) >= 11 is 9.30. The first-order chi connectivity index (χ1) is 9.01. The largest absolute Gasteiger partial charge is 0.495 e. The minimum atomic E-state index is -0.245. The number of aryl methyl sites for hydroxylation is 1. The Bertz CT molecular complexity index is 625. The van der Waals surface area contributed by atoms with E-state index in [1.54, 1.807) is 24.4 Å². The van der Waals surface area contributed by atoms with Gasteiger partial charge in [0.1, 0.15) is 11.4 Å². The van der Waals surface area contributed by atoms with Crippen molar-refractivity contribution in [1.82, 2.24) is 4.98 Å². The topological polar surface area (TPSA) is 54.1 Å². The lowest BCUT2D eigenvalue weighted by atomic mass is 10.2. The molecule has 0 spiro atoms. The van der Waals surface area contributed by atoms with Crippen LogP contribution in [0.25, 0.3) is 0 Å². The second-order valence-corrected chi connectivity index (χ2v) is 5.31. The van der Waals surface area contributed by atoms with E-state index in [4.69, 9.17) is 16.3 Å². The zero-order chi connectivity index (χ0) is 14.0. The van der Waals surface area contributed by atoms with Gasteiger partial charge in [-0.05, 0) is 40.5 Å². The van der Waals surface area contributed by atoms with E-state index in [9.17, 15) is 4.79 Å². The second kappa shape index (κ2) is 5.67. The molecule has 0 saturated heterocycles. The van der Waals surface area contributed by atoms with Gasteiger partial charge < -0.3 is 15.0 Å². The van der Waals surface area contributed by atoms with Gasteiger partial charge in [0.25, 0.3) is 5.91 Å². The normalized spacial score (nSPS) is 10.3. The standard InChI is InChI=1S/C13H12BrClN2O2/c1-7-3-10(12(19-2)5-9(7)15)17-13(18)11-4-8(14)6-16-11/h3-6,16H,1-2H3,(H,17,18). The van der Waals surface area contributed by atoms with Gasteiger partial charge in [-0.2, -0.15) is 0 Å². The Morgan fingerprint density at radius 3 is 2.74 bits per heavy atom. The zero-order valence-corrected chi connectivity index (χ0v) is 12.7. The van der Waals surface area contributed by atoms with Crippen molar-refractivity contribution in [2.24, 2.45) is 0 Å². The number of amides is 1. The van der Waals surface area contributed by atoms with Crippen LogP contribution in [0.5, 0.6) is 5.75 Å². The van der Waals surface area contributed by atoms with Crippen LogP contribution in [0.2, 0.25) is 5.02 Å². The summed E-state index contributed by atoms with van der Waals surface area (Å²) in [6.45, 7) is 1.86. The SMILES string of the molecule is COc1cc(Cl)c(C)cc1NC(=O)c1cc(Br)c[nH]1. The molecule has 19 heavy (non-hydrogen) atoms. The summed E-state index contributed by atoms with van der Waals surface area (Å²) in [6.07, 6.45) is 1.69. The third-order valence-electron chi connectivity index (χ3n) is 2.62. The number of hydrogen-bond donors (Lipinski definition) is 2. The number of anilines is 1. The van der Waals surface area contributed by atoms with Gasteiger partial charge in [0.15, 0.2) is 0 Å². The molecule has 0 atom stereocenters. The molecule has 0 aliphatic rings. The Labute approximate surface area is 124 Å². The number of benzene rings is 1. The molecule has 2 N–H and O–H groups in total. The average Bonchev–Trinajstić information content (AvgIpc) is 2.80. The Kier molecular flexibility index (Phi) is 4.17. The maximum absolute atomic E-state index is 12.0. The van der Waals surface area contributed by atoms with Gasteiger partial charge in [-0.15, -0.1) is 0 Å². The highest BCUT2D eigenvalue weighted by Crippen LogP contribution is 2.31. The zero-order valence-electron chi connectivity index (χ0n) is 10.4. The van der Waals surface area contributed by atoms with Crippen molar-refractivity contribution in [3.63, 3.8) is 0 Å². The third-order valence-corrected chi connectivity index (χ3v) is 3.49. The van der Waals surface area contributed by atoms with E-state index in [1.807, 2.05) is 6.92 Å². The number of rotatable bonds is 3. The first-order valence-electron chi connectivity index (χ1n) is 5.50. The van der Waals surface area contributed by atoms with Crippen molar-refractivity contribution in [3.8, 4) is 5.75 Å². The van der Waals surface area contributed by atoms with Crippen LogP contribution in [-0.2, 0) is 0 Å². The minimum Gasteiger partial charge on any atom is -0.495 e. The molecule has 2 aromatic rings. The molecule has 0 bridgehead atoms. The van der Waals surface area contributed by atoms with Crippen LogP contribution in [-0.4, -0.2) is 18.0 Å². The summed E-state index contributed by atoms with van der Waals surface area (Å²) in [5.74, 6) is 0.278. The maximum Gasteiger partial charge on any atom is 0.272 e. The van der Waals surface area contributed by atoms with Gasteiger partial charge in [0, 0.05) is 21.8 Å². The molecule has 6 heteroatoms. The molecule has 1 heterocycles. The molecule has 1 aromatic carbocycles. The number of aromatic nitrogens is 1. The summed E-state index contributed by atoms with van der Waals surface area (Å²) in [5, 5.41) is 3.38. The lowest BCUT2D eigenvalue weighted by Gasteiger charge is -2.11. The fraction of sp³-hybridized carbons (Fsp3) is 0.154. The van der Waals surface area contributed by atoms with Crippen LogP contribution in [0.3, 0.4) is 0 Å². The highest BCUT2D eigenvalue weighted by Gasteiger charge is 2.13. The number of halogens is 2. The van der Waals surface area contributed by atoms with Gasteiger partial charge in [-0.1, -0.05) is 11.6 Å². The molecule has 2 rings (SSSR count). The van der Waals surface area contributed by atoms with E-state index in [2.05, 4.69) is 26.2 Å². The summed E-state index contributed by atoms with van der Waals surface area (Å²) in [7, 11) is 1.53. The van der Waals surface area contributed by atoms with Gasteiger partial charge in [-0.25, -0.2) is 0 Å². The number of hydrogen-bond acceptors (Lipinski definition) is 2. The number of aromatic amines is 1. The molecule has 0 aliphatic heterocycles. The van der Waals surface area contributed by atoms with Crippen molar-refractivity contribution < 1.29 is 9.53 Å². The molecule has 4 nitrogen and oxygen atoms in total. The minimum absolute atomic E-state index is 0.245. The van der Waals surface area contributed by atoms with Crippen LogP contribution in [0.4, 0.5) is 5.69 Å². The highest BCUT2D eigenvalue weighted by atomic mass is 79.9. The fourth-order valence-electron chi connectivity index (χ4n) is 1.62. The number of ether oxygens (including phenoxy) is 1. The number of carbonyl (C=O) groups excluding carboxylic acids is 1. The van der Waals surface area contributed by atoms with Crippen molar-refractivity contribution in [3.05, 3.63) is 45.1 Å². The van der Waals surface area contributed by atoms with Crippen LogP contribution < -0.4 is 10.1 Å². The lowest BCUT2D eigenvalue weighted by Crippen LogP contribution is -2.13. The molecule has 0 unspecified atom stereocenters. The molecule has 0 fully saturated rings. The smallest absolute Gasteiger partial charge is 0.272 e. The summed E-state index contributed by atoms with van der Waals surface area (Å²) in [4.78, 5) is 14.9. The number of nitrogens with one attached hydrogen (secondary N) is 2. The van der Waals surface area contributed by atoms with Gasteiger partial charge in [-0.3, -0.25) is 4.79 Å². The third kappa shape index (κ3) is 3.11. The predicted molar refractivity (Wildman–Crippen MR) is 79.2 cm³/mol. The number of carbonyl (C=O) groups is 1. The Morgan fingerprint density at radius 1 is 1.42 bits per heavy atom. The number of H-pyrrole nitrogens is 1. The predicted octanol–water partition coefficient (Wildman–Crippen LogP) is 4.00. The Balaban J connectivity index is 2.28. The van der Waals surface area contributed by atoms with Crippen LogP contribution >= 0.6 is 27.5 Å². The molecule has 100 valence electrons. The van der Waals surface area contributed by atoms with E-state index in [1.165, 1.54) is 7.11 Å². The average molecular weight is 344 g/mol. The van der Waals surface area contributed by atoms with Crippen LogP contribution in [0.15, 0.2) is 28.9 Å². The van der Waals surface area contributed by atoms with E-state index < -0.39 is 0 Å². The first-order valence-corrected chi connectivity index (χ1v) is 6.67. The molecule has 0 radical (unpaired) electrons. The summed E-state index contributed by atoms with van der Waals surface area (Å²) < 4.78 is 6.02. The van der Waals surface area contributed by atoms with Crippen molar-refractivity contribution in [2.75, 3.05) is 12.4 Å². The quantitative estimate of drug-likeness (QED) is 0.885. The monoisotopic (exact) mass is 342 g/mol. The van der Waals surface area contributed by atoms with Gasteiger partial charge in [0.2, 0.25) is 0 Å². The molecule has 1 aromatic heterocycles. The molecular weight excluding hydrogens is 332 g/mol. The summed E-state index contributed by atoms with van der Waals surface area (Å²) in [6, 6.07) is 5.15. The molecule has 0 saturated carbocycles. The van der Waals surface area contributed by atoms with E-state index in [0.717, 1.165) is 10.0 Å². The second-order valence-electron chi connectivity index (χ2n) is 3.99. The molecule has 0 aliphatic carbocycles. The van der Waals surface area contributed by atoms with Crippen LogP contribution in [0.1, 0.15) is 16.1 Å². The summed E-state index contributed by atoms with van der Waals surface area (Å²) in [5.41, 5.74) is 1.91. The van der Waals surface area contributed by atoms with Crippen molar-refractivity contribution >= 4 is 39.1 Å². The van der Waals surface area contributed by atoms with E-state index in [0.29, 0.717) is 22.2 Å². The highest BCUT2D eigenvalue weighted by molar-refractivity contribution is 9.10. The Hall–Kier alpha value is -1.46. The van der Waals surface area contributed by atoms with Gasteiger partial charge >= 0.3 is 0 Å².